The van der Waals surface area contributed by atoms with Crippen molar-refractivity contribution in [2.45, 2.75) is 43.3 Å². The largest absolute Gasteiger partial charge is 0.372 e. The molecule has 5 rings (SSSR count). The first kappa shape index (κ1) is 27.5. The Bertz CT molecular complexity index is 1660. The molecular weight excluding hydrogens is 540 g/mol. The van der Waals surface area contributed by atoms with Gasteiger partial charge in [0.2, 0.25) is 5.95 Å². The fraction of sp³-hybridized carbons (Fsp3) is 0.296. The van der Waals surface area contributed by atoms with Crippen molar-refractivity contribution in [3.8, 4) is 11.4 Å². The third-order valence-electron chi connectivity index (χ3n) is 6.37. The molecular formula is C27H27F2N7O3S. The van der Waals surface area contributed by atoms with Gasteiger partial charge in [0.25, 0.3) is 5.91 Å². The van der Waals surface area contributed by atoms with Gasteiger partial charge < -0.3 is 15.0 Å². The molecule has 0 unspecified atom stereocenters. The van der Waals surface area contributed by atoms with Crippen LogP contribution in [-0.4, -0.2) is 61.1 Å². The number of benzene rings is 1. The number of amides is 1. The highest BCUT2D eigenvalue weighted by Crippen LogP contribution is 2.23. The lowest BCUT2D eigenvalue weighted by Crippen LogP contribution is -2.46. The fourth-order valence-corrected chi connectivity index (χ4v) is 5.27. The molecule has 1 aromatic carbocycles. The molecule has 1 saturated heterocycles. The highest BCUT2D eigenvalue weighted by Gasteiger charge is 2.25. The van der Waals surface area contributed by atoms with Gasteiger partial charge in [0.1, 0.15) is 9.73 Å². The summed E-state index contributed by atoms with van der Waals surface area (Å²) in [5.41, 5.74) is 2.51. The number of anilines is 1. The van der Waals surface area contributed by atoms with Crippen LogP contribution in [0.25, 0.3) is 22.3 Å². The van der Waals surface area contributed by atoms with Crippen molar-refractivity contribution in [1.82, 2.24) is 25.3 Å². The zero-order valence-electron chi connectivity index (χ0n) is 21.8. The van der Waals surface area contributed by atoms with Crippen LogP contribution in [0.15, 0.2) is 65.8 Å². The summed E-state index contributed by atoms with van der Waals surface area (Å²) in [5, 5.41) is 3.48. The summed E-state index contributed by atoms with van der Waals surface area (Å²) in [7, 11) is -4.32. The smallest absolute Gasteiger partial charge is 0.323 e. The zero-order valence-corrected chi connectivity index (χ0v) is 22.6. The molecule has 4 aromatic rings. The van der Waals surface area contributed by atoms with Crippen LogP contribution in [0.5, 0.6) is 0 Å². The van der Waals surface area contributed by atoms with E-state index in [2.05, 4.69) is 20.2 Å². The Morgan fingerprint density at radius 1 is 1.10 bits per heavy atom. The summed E-state index contributed by atoms with van der Waals surface area (Å²) < 4.78 is 51.2. The van der Waals surface area contributed by atoms with Gasteiger partial charge in [0.05, 0.1) is 46.2 Å². The lowest BCUT2D eigenvalue weighted by molar-refractivity contribution is -0.00571. The highest BCUT2D eigenvalue weighted by atomic mass is 32.2. The standard InChI is InChI=1S/C27H27F2N7O3S/c1-16-14-36(15-17(2)39-16)27-31-9-8-23(35-27)22-7-6-19-12-32-20(11-24(19)34-22)13-33-25(37)18-4-3-5-21(10-18)40(30,38)26(28)29/h3-12,16-17,26,30H,13-15H2,1-2H3,(H,33,37)/t16-,17+,40-/m1/s1. The van der Waals surface area contributed by atoms with E-state index in [0.29, 0.717) is 41.6 Å². The van der Waals surface area contributed by atoms with E-state index in [0.717, 1.165) is 17.5 Å². The van der Waals surface area contributed by atoms with Gasteiger partial charge in [-0.3, -0.25) is 9.78 Å². The summed E-state index contributed by atoms with van der Waals surface area (Å²) in [6, 6.07) is 12.2. The minimum absolute atomic E-state index is 0.0166. The van der Waals surface area contributed by atoms with Gasteiger partial charge in [-0.25, -0.2) is 23.9 Å². The molecule has 3 atom stereocenters. The lowest BCUT2D eigenvalue weighted by Gasteiger charge is -2.35. The number of hydrogen-bond donors (Lipinski definition) is 2. The number of carbonyl (C=O) groups excluding carboxylic acids is 1. The van der Waals surface area contributed by atoms with Gasteiger partial charge in [-0.2, -0.15) is 8.78 Å². The molecule has 10 nitrogen and oxygen atoms in total. The van der Waals surface area contributed by atoms with Gasteiger partial charge >= 0.3 is 5.76 Å². The van der Waals surface area contributed by atoms with Crippen molar-refractivity contribution in [3.05, 3.63) is 72.2 Å². The molecule has 4 heterocycles. The third-order valence-corrected chi connectivity index (χ3v) is 7.82. The number of rotatable bonds is 7. The predicted octanol–water partition coefficient (Wildman–Crippen LogP) is 4.26. The maximum Gasteiger partial charge on any atom is 0.323 e. The number of hydrogen-bond acceptors (Lipinski definition) is 9. The summed E-state index contributed by atoms with van der Waals surface area (Å²) in [6.45, 7) is 5.47. The minimum Gasteiger partial charge on any atom is -0.372 e. The topological polar surface area (TPSA) is 134 Å². The zero-order chi connectivity index (χ0) is 28.4. The molecule has 40 heavy (non-hydrogen) atoms. The quantitative estimate of drug-likeness (QED) is 0.338. The number of halogens is 2. The van der Waals surface area contributed by atoms with E-state index in [9.17, 15) is 17.8 Å². The van der Waals surface area contributed by atoms with Gasteiger partial charge in [0.15, 0.2) is 0 Å². The Morgan fingerprint density at radius 3 is 2.60 bits per heavy atom. The van der Waals surface area contributed by atoms with E-state index in [-0.39, 0.29) is 24.3 Å². The molecule has 208 valence electrons. The number of morpholine rings is 1. The molecule has 0 radical (unpaired) electrons. The van der Waals surface area contributed by atoms with E-state index in [1.54, 1.807) is 24.5 Å². The second-order valence-corrected chi connectivity index (χ2v) is 11.6. The van der Waals surface area contributed by atoms with E-state index in [1.807, 2.05) is 26.0 Å². The molecule has 1 aliphatic rings. The van der Waals surface area contributed by atoms with Crippen LogP contribution in [0.4, 0.5) is 14.7 Å². The number of alkyl halides is 2. The number of nitrogens with zero attached hydrogens (tertiary/aromatic N) is 5. The Hall–Kier alpha value is -4.10. The van der Waals surface area contributed by atoms with E-state index in [1.165, 1.54) is 12.1 Å². The first-order chi connectivity index (χ1) is 19.1. The Kier molecular flexibility index (Phi) is 7.68. The summed E-state index contributed by atoms with van der Waals surface area (Å²) in [6.07, 6.45) is 3.49. The first-order valence-corrected chi connectivity index (χ1v) is 14.2. The maximum absolute atomic E-state index is 13.0. The molecule has 0 bridgehead atoms. The van der Waals surface area contributed by atoms with E-state index in [4.69, 9.17) is 19.5 Å². The van der Waals surface area contributed by atoms with Gasteiger partial charge in [0, 0.05) is 36.4 Å². The SMILES string of the molecule is C[C@@H]1CN(c2nccc(-c3ccc4cnc(CNC(=O)c5cccc([S@@](=N)(=O)C(F)F)c5)cc4n3)n2)C[C@H](C)O1. The molecule has 13 heteroatoms. The van der Waals surface area contributed by atoms with Crippen LogP contribution in [-0.2, 0) is 21.0 Å². The van der Waals surface area contributed by atoms with Crippen molar-refractivity contribution in [3.63, 3.8) is 0 Å². The van der Waals surface area contributed by atoms with Crippen LogP contribution < -0.4 is 10.2 Å². The molecule has 1 aliphatic heterocycles. The Labute approximate surface area is 229 Å². The first-order valence-electron chi connectivity index (χ1n) is 12.5. The van der Waals surface area contributed by atoms with Crippen molar-refractivity contribution in [2.75, 3.05) is 18.0 Å². The summed E-state index contributed by atoms with van der Waals surface area (Å²) in [5.74, 6) is -3.32. The average molecular weight is 568 g/mol. The van der Waals surface area contributed by atoms with Gasteiger partial charge in [-0.1, -0.05) is 6.07 Å². The van der Waals surface area contributed by atoms with Crippen LogP contribution >= 0.6 is 0 Å². The molecule has 1 fully saturated rings. The number of fused-ring (bicyclic) bond motifs is 1. The molecule has 3 aromatic heterocycles. The number of aromatic nitrogens is 4. The lowest BCUT2D eigenvalue weighted by atomic mass is 10.2. The molecule has 0 spiro atoms. The Morgan fingerprint density at radius 2 is 1.85 bits per heavy atom. The van der Waals surface area contributed by atoms with Crippen LogP contribution in [0, 0.1) is 4.78 Å². The number of pyridine rings is 2. The summed E-state index contributed by atoms with van der Waals surface area (Å²) >= 11 is 0. The second-order valence-electron chi connectivity index (χ2n) is 9.54. The molecule has 2 N–H and O–H groups in total. The van der Waals surface area contributed by atoms with E-state index >= 15 is 0 Å². The molecule has 0 aliphatic carbocycles. The Balaban J connectivity index is 1.33. The number of nitrogens with one attached hydrogen (secondary N) is 2. The predicted molar refractivity (Wildman–Crippen MR) is 146 cm³/mol. The maximum atomic E-state index is 13.0. The van der Waals surface area contributed by atoms with Crippen molar-refractivity contribution >= 4 is 32.5 Å². The monoisotopic (exact) mass is 567 g/mol. The minimum atomic E-state index is -4.32. The normalized spacial score (nSPS) is 19.0. The van der Waals surface area contributed by atoms with E-state index < -0.39 is 26.3 Å². The highest BCUT2D eigenvalue weighted by molar-refractivity contribution is 7.92. The second kappa shape index (κ2) is 11.2. The van der Waals surface area contributed by atoms with Crippen molar-refractivity contribution in [2.24, 2.45) is 0 Å². The molecule has 1 amide bonds. The fourth-order valence-electron chi connectivity index (χ4n) is 4.48. The van der Waals surface area contributed by atoms with Crippen molar-refractivity contribution < 1.29 is 22.5 Å². The van der Waals surface area contributed by atoms with Crippen LogP contribution in [0.3, 0.4) is 0 Å². The number of carbonyl (C=O) groups is 1. The number of ether oxygens (including phenoxy) is 1. The third kappa shape index (κ3) is 5.89. The van der Waals surface area contributed by atoms with Crippen molar-refractivity contribution in [1.29, 1.82) is 4.78 Å². The van der Waals surface area contributed by atoms with Gasteiger partial charge in [-0.15, -0.1) is 0 Å². The van der Waals surface area contributed by atoms with Crippen LogP contribution in [0.2, 0.25) is 0 Å². The molecule has 0 saturated carbocycles. The summed E-state index contributed by atoms with van der Waals surface area (Å²) in [4.78, 5) is 32.7. The van der Waals surface area contributed by atoms with Crippen LogP contribution in [0.1, 0.15) is 29.9 Å². The average Bonchev–Trinajstić information content (AvgIpc) is 2.95. The van der Waals surface area contributed by atoms with Gasteiger partial charge in [-0.05, 0) is 56.3 Å².